The van der Waals surface area contributed by atoms with Gasteiger partial charge in [0.1, 0.15) is 6.20 Å². The Hall–Kier alpha value is -2.44. The van der Waals surface area contributed by atoms with Crippen LogP contribution in [-0.2, 0) is 13.0 Å². The Kier molecular flexibility index (Phi) is 8.17. The fourth-order valence-corrected chi connectivity index (χ4v) is 3.06. The molecule has 0 N–H and O–H groups in total. The summed E-state index contributed by atoms with van der Waals surface area (Å²) in [6, 6.07) is 15.2. The molecule has 0 radical (unpaired) electrons. The summed E-state index contributed by atoms with van der Waals surface area (Å²) in [6.45, 7) is 2.32. The highest BCUT2D eigenvalue weighted by Crippen LogP contribution is 2.12. The zero-order chi connectivity index (χ0) is 20.1. The maximum absolute atomic E-state index is 12.6. The van der Waals surface area contributed by atoms with E-state index in [1.165, 1.54) is 0 Å². The van der Waals surface area contributed by atoms with Gasteiger partial charge in [-0.3, -0.25) is 4.79 Å². The number of benzene rings is 2. The molecule has 0 bridgehead atoms. The molecule has 0 saturated carbocycles. The Bertz CT molecular complexity index is 979. The monoisotopic (exact) mass is 474 g/mol. The van der Waals surface area contributed by atoms with Gasteiger partial charge in [0, 0.05) is 36.8 Å². The smallest absolute Gasteiger partial charge is 0.282 e. The molecule has 29 heavy (non-hydrogen) atoms. The highest BCUT2D eigenvalue weighted by molar-refractivity contribution is 6.30. The zero-order valence-corrected chi connectivity index (χ0v) is 19.1. The van der Waals surface area contributed by atoms with Crippen LogP contribution in [0, 0.1) is 0 Å². The van der Waals surface area contributed by atoms with E-state index < -0.39 is 0 Å². The standard InChI is InChI=1S/C22H24ClN4O.BrH/c1-4-22-26(16-21(28)18-7-9-19(23)10-8-18)13-14-27(22)24-15-17-5-11-20(12-6-17)25(2)3;/h5-15H,4,16H2,1-3H3;1H/q+1;/p-1/b24-15+;. The second-order valence-electron chi connectivity index (χ2n) is 6.70. The molecule has 0 unspecified atom stereocenters. The molecule has 152 valence electrons. The zero-order valence-electron chi connectivity index (χ0n) is 16.7. The van der Waals surface area contributed by atoms with E-state index in [4.69, 9.17) is 11.6 Å². The van der Waals surface area contributed by atoms with E-state index >= 15 is 0 Å². The lowest BCUT2D eigenvalue weighted by molar-refractivity contribution is -0.685. The van der Waals surface area contributed by atoms with Crippen molar-refractivity contribution in [3.05, 3.63) is 82.9 Å². The Morgan fingerprint density at radius 1 is 1.14 bits per heavy atom. The molecule has 7 heteroatoms. The van der Waals surface area contributed by atoms with Gasteiger partial charge in [-0.1, -0.05) is 35.8 Å². The van der Waals surface area contributed by atoms with Gasteiger partial charge in [-0.05, 0) is 42.0 Å². The van der Waals surface area contributed by atoms with Crippen LogP contribution in [0.4, 0.5) is 5.69 Å². The average molecular weight is 476 g/mol. The number of rotatable bonds is 7. The molecule has 0 saturated heterocycles. The molecule has 0 aliphatic heterocycles. The first kappa shape index (κ1) is 22.8. The number of carbonyl (C=O) groups excluding carboxylic acids is 1. The van der Waals surface area contributed by atoms with Gasteiger partial charge in [0.25, 0.3) is 5.82 Å². The van der Waals surface area contributed by atoms with Gasteiger partial charge >= 0.3 is 0 Å². The third-order valence-electron chi connectivity index (χ3n) is 4.52. The summed E-state index contributed by atoms with van der Waals surface area (Å²) in [5.41, 5.74) is 2.81. The molecule has 0 aliphatic carbocycles. The minimum atomic E-state index is 0. The molecule has 3 rings (SSSR count). The predicted molar refractivity (Wildman–Crippen MR) is 114 cm³/mol. The van der Waals surface area contributed by atoms with Gasteiger partial charge in [0.2, 0.25) is 5.78 Å². The Balaban J connectivity index is 0.00000300. The lowest BCUT2D eigenvalue weighted by Gasteiger charge is -2.11. The lowest BCUT2D eigenvalue weighted by atomic mass is 10.1. The molecule has 0 fully saturated rings. The third-order valence-corrected chi connectivity index (χ3v) is 4.77. The van der Waals surface area contributed by atoms with Crippen LogP contribution in [0.2, 0.25) is 5.02 Å². The molecule has 0 aliphatic rings. The van der Waals surface area contributed by atoms with Gasteiger partial charge in [0.15, 0.2) is 12.7 Å². The van der Waals surface area contributed by atoms with Crippen molar-refractivity contribution in [3.8, 4) is 0 Å². The SMILES string of the molecule is CCc1n(CC(=O)c2ccc(Cl)cc2)cc[n+]1/N=C/c1ccc(N(C)C)cc1.[Br-]. The molecule has 5 nitrogen and oxygen atoms in total. The molecule has 0 spiro atoms. The maximum Gasteiger partial charge on any atom is 0.282 e. The molecule has 0 atom stereocenters. The second kappa shape index (κ2) is 10.4. The number of anilines is 1. The Labute approximate surface area is 187 Å². The van der Waals surface area contributed by atoms with Crippen LogP contribution in [0.5, 0.6) is 0 Å². The highest BCUT2D eigenvalue weighted by Gasteiger charge is 2.18. The van der Waals surface area contributed by atoms with Crippen LogP contribution in [0.1, 0.15) is 28.7 Å². The molecular weight excluding hydrogens is 452 g/mol. The summed E-state index contributed by atoms with van der Waals surface area (Å²) >= 11 is 5.90. The highest BCUT2D eigenvalue weighted by atomic mass is 79.9. The van der Waals surface area contributed by atoms with Crippen LogP contribution in [-0.4, -0.2) is 30.7 Å². The summed E-state index contributed by atoms with van der Waals surface area (Å²) < 4.78 is 3.75. The van der Waals surface area contributed by atoms with E-state index in [9.17, 15) is 4.79 Å². The van der Waals surface area contributed by atoms with Crippen molar-refractivity contribution in [2.24, 2.45) is 5.10 Å². The fourth-order valence-electron chi connectivity index (χ4n) is 2.93. The summed E-state index contributed by atoms with van der Waals surface area (Å²) in [5.74, 6) is 1.00. The minimum absolute atomic E-state index is 0. The molecule has 1 aromatic heterocycles. The molecule has 2 aromatic carbocycles. The first-order chi connectivity index (χ1) is 13.5. The Morgan fingerprint density at radius 3 is 2.38 bits per heavy atom. The topological polar surface area (TPSA) is 41.5 Å². The van der Waals surface area contributed by atoms with E-state index in [2.05, 4.69) is 29.1 Å². The van der Waals surface area contributed by atoms with E-state index in [0.717, 1.165) is 23.5 Å². The van der Waals surface area contributed by atoms with Gasteiger partial charge < -0.3 is 21.9 Å². The van der Waals surface area contributed by atoms with E-state index in [-0.39, 0.29) is 29.3 Å². The third kappa shape index (κ3) is 5.78. The number of nitrogens with zero attached hydrogens (tertiary/aromatic N) is 4. The molecule has 0 amide bonds. The largest absolute Gasteiger partial charge is 1.00 e. The first-order valence-corrected chi connectivity index (χ1v) is 9.56. The van der Waals surface area contributed by atoms with E-state index in [1.54, 1.807) is 24.3 Å². The minimum Gasteiger partial charge on any atom is -1.00 e. The van der Waals surface area contributed by atoms with Gasteiger partial charge in [-0.2, -0.15) is 0 Å². The van der Waals surface area contributed by atoms with Crippen molar-refractivity contribution in [3.63, 3.8) is 0 Å². The average Bonchev–Trinajstić information content (AvgIpc) is 3.08. The van der Waals surface area contributed by atoms with Crippen LogP contribution in [0.3, 0.4) is 0 Å². The Morgan fingerprint density at radius 2 is 1.79 bits per heavy atom. The predicted octanol–water partition coefficient (Wildman–Crippen LogP) is 0.826. The van der Waals surface area contributed by atoms with Crippen molar-refractivity contribution in [2.75, 3.05) is 19.0 Å². The van der Waals surface area contributed by atoms with E-state index in [1.807, 2.05) is 54.1 Å². The number of imidazole rings is 1. The van der Waals surface area contributed by atoms with Crippen molar-refractivity contribution in [1.82, 2.24) is 4.57 Å². The number of aromatic nitrogens is 2. The summed E-state index contributed by atoms with van der Waals surface area (Å²) in [4.78, 5) is 14.6. The summed E-state index contributed by atoms with van der Waals surface area (Å²) in [6.07, 6.45) is 6.35. The van der Waals surface area contributed by atoms with Gasteiger partial charge in [-0.15, -0.1) is 4.68 Å². The van der Waals surface area contributed by atoms with Crippen molar-refractivity contribution < 1.29 is 26.5 Å². The lowest BCUT2D eigenvalue weighted by Crippen LogP contribution is -3.00. The van der Waals surface area contributed by atoms with Crippen molar-refractivity contribution in [2.45, 2.75) is 19.9 Å². The maximum atomic E-state index is 12.6. The quantitative estimate of drug-likeness (QED) is 0.289. The number of Topliss-reactive ketones (excluding diaryl/α,β-unsaturated/α-hetero) is 1. The number of ketones is 1. The number of hydrogen-bond donors (Lipinski definition) is 0. The van der Waals surface area contributed by atoms with Crippen LogP contribution < -0.4 is 26.6 Å². The second-order valence-corrected chi connectivity index (χ2v) is 7.14. The number of hydrogen-bond acceptors (Lipinski definition) is 3. The van der Waals surface area contributed by atoms with E-state index in [0.29, 0.717) is 10.6 Å². The molecule has 1 heterocycles. The summed E-state index contributed by atoms with van der Waals surface area (Å²) in [5, 5.41) is 5.19. The van der Waals surface area contributed by atoms with Crippen LogP contribution >= 0.6 is 11.6 Å². The first-order valence-electron chi connectivity index (χ1n) is 9.18. The number of carbonyl (C=O) groups is 1. The van der Waals surface area contributed by atoms with Crippen LogP contribution in [0.15, 0.2) is 66.0 Å². The van der Waals surface area contributed by atoms with Crippen molar-refractivity contribution >= 4 is 29.3 Å². The number of halogens is 2. The van der Waals surface area contributed by atoms with Crippen molar-refractivity contribution in [1.29, 1.82) is 0 Å². The molecular formula is C22H24BrClN4O. The van der Waals surface area contributed by atoms with Gasteiger partial charge in [0.05, 0.1) is 6.21 Å². The fraction of sp³-hybridized carbons (Fsp3) is 0.227. The summed E-state index contributed by atoms with van der Waals surface area (Å²) in [7, 11) is 4.03. The van der Waals surface area contributed by atoms with Crippen LogP contribution in [0.25, 0.3) is 0 Å². The molecule has 3 aromatic rings. The normalized spacial score (nSPS) is 10.8. The van der Waals surface area contributed by atoms with Gasteiger partial charge in [-0.25, -0.2) is 4.57 Å².